The lowest BCUT2D eigenvalue weighted by Gasteiger charge is -2.24. The lowest BCUT2D eigenvalue weighted by molar-refractivity contribution is 0.0519. The van der Waals surface area contributed by atoms with E-state index in [9.17, 15) is 4.79 Å². The monoisotopic (exact) mass is 318 g/mol. The van der Waals surface area contributed by atoms with Gasteiger partial charge in [0.15, 0.2) is 0 Å². The molecule has 2 rings (SSSR count). The van der Waals surface area contributed by atoms with Crippen molar-refractivity contribution in [1.82, 2.24) is 5.32 Å². The van der Waals surface area contributed by atoms with Crippen molar-refractivity contribution in [3.63, 3.8) is 0 Å². The van der Waals surface area contributed by atoms with Crippen LogP contribution in [0.5, 0.6) is 0 Å². The van der Waals surface area contributed by atoms with Crippen LogP contribution >= 0.6 is 0 Å². The first-order chi connectivity index (χ1) is 10.9. The molecule has 1 amide bonds. The number of carbonyl (C=O) groups excluding carboxylic acids is 1. The molecule has 0 saturated heterocycles. The van der Waals surface area contributed by atoms with Crippen LogP contribution in [0.1, 0.15) is 52.5 Å². The van der Waals surface area contributed by atoms with Crippen molar-refractivity contribution in [3.05, 3.63) is 29.8 Å². The summed E-state index contributed by atoms with van der Waals surface area (Å²) >= 11 is 0. The molecule has 2 N–H and O–H groups in total. The molecule has 2 unspecified atom stereocenters. The van der Waals surface area contributed by atoms with Crippen molar-refractivity contribution < 1.29 is 9.53 Å². The third-order valence-electron chi connectivity index (χ3n) is 4.28. The van der Waals surface area contributed by atoms with Crippen molar-refractivity contribution in [2.75, 3.05) is 11.9 Å². The van der Waals surface area contributed by atoms with E-state index < -0.39 is 5.60 Å². The number of amides is 1. The summed E-state index contributed by atoms with van der Waals surface area (Å²) in [5.74, 6) is 0.452. The molecule has 128 valence electrons. The predicted octanol–water partition coefficient (Wildman–Crippen LogP) is 4.35. The molecule has 1 aliphatic carbocycles. The SMILES string of the molecule is CCc1ccc(NC2CCCC2CNC(=O)OC(C)(C)C)cc1. The summed E-state index contributed by atoms with van der Waals surface area (Å²) in [6.07, 6.45) is 4.23. The fraction of sp³-hybridized carbons (Fsp3) is 0.632. The zero-order valence-corrected chi connectivity index (χ0v) is 14.8. The van der Waals surface area contributed by atoms with Gasteiger partial charge in [-0.3, -0.25) is 0 Å². The highest BCUT2D eigenvalue weighted by atomic mass is 16.6. The van der Waals surface area contributed by atoms with E-state index in [2.05, 4.69) is 41.8 Å². The van der Waals surface area contributed by atoms with E-state index in [4.69, 9.17) is 4.74 Å². The van der Waals surface area contributed by atoms with Crippen molar-refractivity contribution in [1.29, 1.82) is 0 Å². The minimum Gasteiger partial charge on any atom is -0.444 e. The highest BCUT2D eigenvalue weighted by molar-refractivity contribution is 5.67. The van der Waals surface area contributed by atoms with Gasteiger partial charge in [0.25, 0.3) is 0 Å². The van der Waals surface area contributed by atoms with E-state index >= 15 is 0 Å². The average molecular weight is 318 g/mol. The Hall–Kier alpha value is -1.71. The second-order valence-electron chi connectivity index (χ2n) is 7.38. The molecule has 1 aromatic carbocycles. The number of carbonyl (C=O) groups is 1. The van der Waals surface area contributed by atoms with Gasteiger partial charge in [0.05, 0.1) is 0 Å². The Morgan fingerprint density at radius 1 is 1.22 bits per heavy atom. The van der Waals surface area contributed by atoms with E-state index in [-0.39, 0.29) is 6.09 Å². The van der Waals surface area contributed by atoms with Gasteiger partial charge in [0.2, 0.25) is 0 Å². The van der Waals surface area contributed by atoms with Gasteiger partial charge >= 0.3 is 6.09 Å². The van der Waals surface area contributed by atoms with Gasteiger partial charge in [-0.1, -0.05) is 25.5 Å². The van der Waals surface area contributed by atoms with Crippen LogP contribution in [0.2, 0.25) is 0 Å². The van der Waals surface area contributed by atoms with Gasteiger partial charge in [-0.05, 0) is 63.6 Å². The Bertz CT molecular complexity index is 505. The quantitative estimate of drug-likeness (QED) is 0.848. The van der Waals surface area contributed by atoms with Crippen molar-refractivity contribution in [2.24, 2.45) is 5.92 Å². The van der Waals surface area contributed by atoms with Crippen molar-refractivity contribution in [2.45, 2.75) is 65.0 Å². The summed E-state index contributed by atoms with van der Waals surface area (Å²) in [4.78, 5) is 11.8. The summed E-state index contributed by atoms with van der Waals surface area (Å²) in [6, 6.07) is 9.05. The van der Waals surface area contributed by atoms with Crippen LogP contribution in [0, 0.1) is 5.92 Å². The summed E-state index contributed by atoms with van der Waals surface area (Å²) in [5.41, 5.74) is 2.07. The van der Waals surface area contributed by atoms with Crippen LogP contribution < -0.4 is 10.6 Å². The maximum Gasteiger partial charge on any atom is 0.407 e. The van der Waals surface area contributed by atoms with Gasteiger partial charge in [-0.25, -0.2) is 4.79 Å². The highest BCUT2D eigenvalue weighted by Gasteiger charge is 2.28. The molecule has 0 bridgehead atoms. The molecule has 1 fully saturated rings. The molecule has 23 heavy (non-hydrogen) atoms. The number of anilines is 1. The van der Waals surface area contributed by atoms with Crippen LogP contribution in [0.25, 0.3) is 0 Å². The van der Waals surface area contributed by atoms with Crippen LogP contribution in [0.3, 0.4) is 0 Å². The van der Waals surface area contributed by atoms with Crippen molar-refractivity contribution in [3.8, 4) is 0 Å². The topological polar surface area (TPSA) is 50.4 Å². The van der Waals surface area contributed by atoms with Gasteiger partial charge in [0, 0.05) is 18.3 Å². The molecule has 0 aliphatic heterocycles. The molecule has 2 atom stereocenters. The Balaban J connectivity index is 1.83. The number of hydrogen-bond donors (Lipinski definition) is 2. The first kappa shape index (κ1) is 17.6. The first-order valence-electron chi connectivity index (χ1n) is 8.69. The average Bonchev–Trinajstić information content (AvgIpc) is 2.91. The Labute approximate surface area is 140 Å². The van der Waals surface area contributed by atoms with E-state index in [0.717, 1.165) is 24.9 Å². The number of nitrogens with one attached hydrogen (secondary N) is 2. The lowest BCUT2D eigenvalue weighted by Crippen LogP contribution is -2.38. The zero-order valence-electron chi connectivity index (χ0n) is 14.8. The van der Waals surface area contributed by atoms with Crippen molar-refractivity contribution >= 4 is 11.8 Å². The fourth-order valence-corrected chi connectivity index (χ4v) is 3.05. The number of ether oxygens (including phenoxy) is 1. The van der Waals surface area contributed by atoms with Crippen LogP contribution in [0.4, 0.5) is 10.5 Å². The largest absolute Gasteiger partial charge is 0.444 e. The number of alkyl carbamates (subject to hydrolysis) is 1. The normalized spacial score (nSPS) is 21.0. The number of hydrogen-bond acceptors (Lipinski definition) is 3. The Morgan fingerprint density at radius 2 is 1.91 bits per heavy atom. The number of rotatable bonds is 5. The van der Waals surface area contributed by atoms with Gasteiger partial charge in [0.1, 0.15) is 5.60 Å². The maximum absolute atomic E-state index is 11.8. The summed E-state index contributed by atoms with van der Waals surface area (Å²) in [5, 5.41) is 6.54. The third-order valence-corrected chi connectivity index (χ3v) is 4.28. The number of benzene rings is 1. The molecule has 0 spiro atoms. The summed E-state index contributed by atoms with van der Waals surface area (Å²) in [6.45, 7) is 8.48. The standard InChI is InChI=1S/C19H30N2O2/c1-5-14-9-11-16(12-10-14)21-17-8-6-7-15(17)13-20-18(22)23-19(2,3)4/h9-12,15,17,21H,5-8,13H2,1-4H3,(H,20,22). The first-order valence-corrected chi connectivity index (χ1v) is 8.69. The molecule has 1 aliphatic rings. The van der Waals surface area contributed by atoms with E-state index in [0.29, 0.717) is 18.5 Å². The molecular formula is C19H30N2O2. The predicted molar refractivity (Wildman–Crippen MR) is 94.8 cm³/mol. The summed E-state index contributed by atoms with van der Waals surface area (Å²) in [7, 11) is 0. The third kappa shape index (κ3) is 5.77. The molecule has 1 aromatic rings. The van der Waals surface area contributed by atoms with Crippen LogP contribution in [-0.2, 0) is 11.2 Å². The molecule has 4 heteroatoms. The highest BCUT2D eigenvalue weighted by Crippen LogP contribution is 2.28. The maximum atomic E-state index is 11.8. The number of aryl methyl sites for hydroxylation is 1. The minimum absolute atomic E-state index is 0.324. The smallest absolute Gasteiger partial charge is 0.407 e. The fourth-order valence-electron chi connectivity index (χ4n) is 3.05. The second kappa shape index (κ2) is 7.71. The molecule has 0 heterocycles. The van der Waals surface area contributed by atoms with E-state index in [1.807, 2.05) is 20.8 Å². The lowest BCUT2D eigenvalue weighted by atomic mass is 10.0. The molecule has 0 radical (unpaired) electrons. The zero-order chi connectivity index (χ0) is 16.9. The second-order valence-corrected chi connectivity index (χ2v) is 7.38. The Kier molecular flexibility index (Phi) is 5.91. The van der Waals surface area contributed by atoms with E-state index in [1.54, 1.807) is 0 Å². The summed E-state index contributed by atoms with van der Waals surface area (Å²) < 4.78 is 5.31. The van der Waals surface area contributed by atoms with Crippen LogP contribution in [-0.4, -0.2) is 24.3 Å². The van der Waals surface area contributed by atoms with E-state index in [1.165, 1.54) is 12.0 Å². The molecule has 1 saturated carbocycles. The van der Waals surface area contributed by atoms with Crippen LogP contribution in [0.15, 0.2) is 24.3 Å². The Morgan fingerprint density at radius 3 is 2.52 bits per heavy atom. The molecular weight excluding hydrogens is 288 g/mol. The minimum atomic E-state index is -0.446. The molecule has 0 aromatic heterocycles. The van der Waals surface area contributed by atoms with Gasteiger partial charge in [-0.2, -0.15) is 0 Å². The van der Waals surface area contributed by atoms with Gasteiger partial charge < -0.3 is 15.4 Å². The van der Waals surface area contributed by atoms with Gasteiger partial charge in [-0.15, -0.1) is 0 Å². The molecule has 4 nitrogen and oxygen atoms in total.